The summed E-state index contributed by atoms with van der Waals surface area (Å²) in [7, 11) is 1.68. The fourth-order valence-electron chi connectivity index (χ4n) is 1.80. The van der Waals surface area contributed by atoms with Gasteiger partial charge in [-0.25, -0.2) is 0 Å². The van der Waals surface area contributed by atoms with Crippen LogP contribution in [0, 0.1) is 6.92 Å². The fraction of sp³-hybridized carbons (Fsp3) is 0.533. The minimum Gasteiger partial charge on any atom is -0.383 e. The van der Waals surface area contributed by atoms with Gasteiger partial charge < -0.3 is 15.4 Å². The number of nitrogens with one attached hydrogen (secondary N) is 2. The minimum atomic E-state index is 0. The first-order chi connectivity index (χ1) is 9.22. The van der Waals surface area contributed by atoms with Crippen LogP contribution in [0.3, 0.4) is 0 Å². The van der Waals surface area contributed by atoms with Crippen molar-refractivity contribution in [3.05, 3.63) is 35.4 Å². The monoisotopic (exact) mass is 300 g/mol. The lowest BCUT2D eigenvalue weighted by Gasteiger charge is -2.07. The van der Waals surface area contributed by atoms with Crippen molar-refractivity contribution >= 4 is 18.3 Å². The summed E-state index contributed by atoms with van der Waals surface area (Å²) < 4.78 is 4.92. The Labute approximate surface area is 127 Å². The summed E-state index contributed by atoms with van der Waals surface area (Å²) in [5, 5.41) is 6.09. The predicted octanol–water partition coefficient (Wildman–Crippen LogP) is 1.70. The minimum absolute atomic E-state index is 0. The summed E-state index contributed by atoms with van der Waals surface area (Å²) in [4.78, 5) is 11.6. The van der Waals surface area contributed by atoms with Crippen LogP contribution in [0.1, 0.15) is 17.5 Å². The molecule has 114 valence electrons. The normalized spacial score (nSPS) is 9.90. The summed E-state index contributed by atoms with van der Waals surface area (Å²) in [5.41, 5.74) is 2.45. The highest BCUT2D eigenvalue weighted by molar-refractivity contribution is 5.85. The summed E-state index contributed by atoms with van der Waals surface area (Å²) in [6, 6.07) is 8.28. The molecule has 0 spiro atoms. The summed E-state index contributed by atoms with van der Waals surface area (Å²) in [6.07, 6.45) is 1.34. The Morgan fingerprint density at radius 3 is 2.75 bits per heavy atom. The largest absolute Gasteiger partial charge is 0.383 e. The quantitative estimate of drug-likeness (QED) is 0.683. The Balaban J connectivity index is 0.00000361. The number of aryl methyl sites for hydroxylation is 2. The molecule has 20 heavy (non-hydrogen) atoms. The Hall–Kier alpha value is -1.10. The first-order valence-electron chi connectivity index (χ1n) is 6.74. The van der Waals surface area contributed by atoms with Gasteiger partial charge in [-0.15, -0.1) is 12.4 Å². The van der Waals surface area contributed by atoms with Gasteiger partial charge in [0.1, 0.15) is 0 Å². The lowest BCUT2D eigenvalue weighted by molar-refractivity contribution is -0.121. The van der Waals surface area contributed by atoms with Gasteiger partial charge in [-0.1, -0.05) is 29.8 Å². The maximum absolute atomic E-state index is 11.6. The van der Waals surface area contributed by atoms with E-state index < -0.39 is 0 Å². The zero-order valence-electron chi connectivity index (χ0n) is 12.3. The van der Waals surface area contributed by atoms with Crippen molar-refractivity contribution in [2.24, 2.45) is 0 Å². The molecule has 0 saturated heterocycles. The van der Waals surface area contributed by atoms with Gasteiger partial charge in [0.25, 0.3) is 0 Å². The van der Waals surface area contributed by atoms with Crippen LogP contribution in [0.5, 0.6) is 0 Å². The smallest absolute Gasteiger partial charge is 0.220 e. The van der Waals surface area contributed by atoms with E-state index in [0.717, 1.165) is 19.5 Å². The zero-order valence-corrected chi connectivity index (χ0v) is 13.1. The molecule has 0 radical (unpaired) electrons. The number of methoxy groups -OCH3 is 1. The van der Waals surface area contributed by atoms with Gasteiger partial charge in [0.05, 0.1) is 6.61 Å². The Morgan fingerprint density at radius 2 is 2.05 bits per heavy atom. The fourth-order valence-corrected chi connectivity index (χ4v) is 1.80. The van der Waals surface area contributed by atoms with E-state index in [2.05, 4.69) is 35.8 Å². The lowest BCUT2D eigenvalue weighted by Crippen LogP contribution is -2.33. The van der Waals surface area contributed by atoms with Crippen LogP contribution in [0.15, 0.2) is 24.3 Å². The maximum atomic E-state index is 11.6. The number of ether oxygens (including phenoxy) is 1. The first kappa shape index (κ1) is 18.9. The summed E-state index contributed by atoms with van der Waals surface area (Å²) in [5.74, 6) is 0.107. The van der Waals surface area contributed by atoms with Crippen molar-refractivity contribution in [3.63, 3.8) is 0 Å². The second-order valence-electron chi connectivity index (χ2n) is 4.58. The number of carbonyl (C=O) groups is 1. The molecule has 1 aromatic rings. The third-order valence-electron chi connectivity index (χ3n) is 2.83. The highest BCUT2D eigenvalue weighted by Gasteiger charge is 2.01. The molecule has 0 aromatic heterocycles. The average molecular weight is 301 g/mol. The SMILES string of the molecule is COCCNCCNC(=O)CCc1cccc(C)c1.Cl. The molecule has 2 N–H and O–H groups in total. The number of hydrogen-bond donors (Lipinski definition) is 2. The van der Waals surface area contributed by atoms with Crippen molar-refractivity contribution in [2.45, 2.75) is 19.8 Å². The molecule has 4 nitrogen and oxygen atoms in total. The van der Waals surface area contributed by atoms with Crippen LogP contribution in [0.25, 0.3) is 0 Å². The molecule has 5 heteroatoms. The summed E-state index contributed by atoms with van der Waals surface area (Å²) in [6.45, 7) is 5.02. The predicted molar refractivity (Wildman–Crippen MR) is 84.5 cm³/mol. The molecule has 0 fully saturated rings. The van der Waals surface area contributed by atoms with Gasteiger partial charge >= 0.3 is 0 Å². The zero-order chi connectivity index (χ0) is 13.9. The second-order valence-corrected chi connectivity index (χ2v) is 4.58. The molecule has 0 saturated carbocycles. The number of rotatable bonds is 9. The van der Waals surface area contributed by atoms with Crippen molar-refractivity contribution in [2.75, 3.05) is 33.4 Å². The van der Waals surface area contributed by atoms with Gasteiger partial charge in [-0.2, -0.15) is 0 Å². The lowest BCUT2D eigenvalue weighted by atomic mass is 10.1. The average Bonchev–Trinajstić information content (AvgIpc) is 2.40. The molecule has 1 aromatic carbocycles. The van der Waals surface area contributed by atoms with E-state index >= 15 is 0 Å². The van der Waals surface area contributed by atoms with Crippen molar-refractivity contribution in [3.8, 4) is 0 Å². The molecular formula is C15H25ClN2O2. The second kappa shape index (κ2) is 11.7. The molecule has 0 heterocycles. The third-order valence-corrected chi connectivity index (χ3v) is 2.83. The van der Waals surface area contributed by atoms with Crippen LogP contribution >= 0.6 is 12.4 Å². The van der Waals surface area contributed by atoms with E-state index in [1.165, 1.54) is 11.1 Å². The molecule has 0 aliphatic rings. The number of hydrogen-bond acceptors (Lipinski definition) is 3. The number of amides is 1. The van der Waals surface area contributed by atoms with Crippen molar-refractivity contribution in [1.82, 2.24) is 10.6 Å². The van der Waals surface area contributed by atoms with Gasteiger partial charge in [0, 0.05) is 33.2 Å². The van der Waals surface area contributed by atoms with E-state index in [4.69, 9.17) is 4.74 Å². The Morgan fingerprint density at radius 1 is 1.25 bits per heavy atom. The third kappa shape index (κ3) is 8.91. The van der Waals surface area contributed by atoms with Crippen LogP contribution in [-0.2, 0) is 16.0 Å². The number of benzene rings is 1. The van der Waals surface area contributed by atoms with Gasteiger partial charge in [-0.3, -0.25) is 4.79 Å². The van der Waals surface area contributed by atoms with E-state index in [0.29, 0.717) is 19.6 Å². The molecule has 0 bridgehead atoms. The maximum Gasteiger partial charge on any atom is 0.220 e. The van der Waals surface area contributed by atoms with E-state index in [-0.39, 0.29) is 18.3 Å². The van der Waals surface area contributed by atoms with Crippen molar-refractivity contribution in [1.29, 1.82) is 0 Å². The summed E-state index contributed by atoms with van der Waals surface area (Å²) >= 11 is 0. The van der Waals surface area contributed by atoms with Gasteiger partial charge in [0.2, 0.25) is 5.91 Å². The highest BCUT2D eigenvalue weighted by Crippen LogP contribution is 2.06. The number of halogens is 1. The van der Waals surface area contributed by atoms with Crippen molar-refractivity contribution < 1.29 is 9.53 Å². The molecule has 0 atom stereocenters. The van der Waals surface area contributed by atoms with E-state index in [1.54, 1.807) is 7.11 Å². The topological polar surface area (TPSA) is 50.4 Å². The van der Waals surface area contributed by atoms with E-state index in [9.17, 15) is 4.79 Å². The Kier molecular flexibility index (Phi) is 11.1. The van der Waals surface area contributed by atoms with Crippen LogP contribution in [-0.4, -0.2) is 39.3 Å². The number of carbonyl (C=O) groups excluding carboxylic acids is 1. The molecular weight excluding hydrogens is 276 g/mol. The van der Waals surface area contributed by atoms with Crippen LogP contribution < -0.4 is 10.6 Å². The highest BCUT2D eigenvalue weighted by atomic mass is 35.5. The van der Waals surface area contributed by atoms with E-state index in [1.807, 2.05) is 6.07 Å². The molecule has 1 amide bonds. The van der Waals surface area contributed by atoms with Gasteiger partial charge in [0.15, 0.2) is 0 Å². The molecule has 1 rings (SSSR count). The first-order valence-corrected chi connectivity index (χ1v) is 6.74. The standard InChI is InChI=1S/C15H24N2O2.ClH/c1-13-4-3-5-14(12-13)6-7-15(18)17-9-8-16-10-11-19-2;/h3-5,12,16H,6-11H2,1-2H3,(H,17,18);1H. The molecule has 0 aliphatic heterocycles. The van der Waals surface area contributed by atoms with Gasteiger partial charge in [-0.05, 0) is 18.9 Å². The van der Waals surface area contributed by atoms with Crippen LogP contribution in [0.2, 0.25) is 0 Å². The Bertz CT molecular complexity index is 386. The van der Waals surface area contributed by atoms with Crippen LogP contribution in [0.4, 0.5) is 0 Å². The molecule has 0 unspecified atom stereocenters. The molecule has 0 aliphatic carbocycles.